The van der Waals surface area contributed by atoms with Gasteiger partial charge in [0.2, 0.25) is 0 Å². The minimum atomic E-state index is -0.299. The molecule has 1 amide bonds. The zero-order chi connectivity index (χ0) is 20.9. The number of carbonyl (C=O) groups excluding carboxylic acids is 1. The fourth-order valence-corrected chi connectivity index (χ4v) is 3.48. The summed E-state index contributed by atoms with van der Waals surface area (Å²) < 4.78 is 10.8. The summed E-state index contributed by atoms with van der Waals surface area (Å²) >= 11 is 0. The molecule has 3 aromatic rings. The summed E-state index contributed by atoms with van der Waals surface area (Å²) in [6.07, 6.45) is 1.22. The van der Waals surface area contributed by atoms with Crippen LogP contribution < -0.4 is 15.0 Å². The van der Waals surface area contributed by atoms with Crippen molar-refractivity contribution in [3.63, 3.8) is 0 Å². The normalized spacial score (nSPS) is 15.4. The molecule has 1 saturated heterocycles. The average molecular weight is 400 g/mol. The maximum absolute atomic E-state index is 12.5. The fourth-order valence-electron chi connectivity index (χ4n) is 3.48. The highest BCUT2D eigenvalue weighted by atomic mass is 16.5. The summed E-state index contributed by atoms with van der Waals surface area (Å²) in [6.45, 7) is 4.43. The Hall–Kier alpha value is -3.65. The van der Waals surface area contributed by atoms with Gasteiger partial charge in [-0.1, -0.05) is 18.9 Å². The Bertz CT molecular complexity index is 1090. The lowest BCUT2D eigenvalue weighted by Crippen LogP contribution is -2.19. The van der Waals surface area contributed by atoms with Crippen molar-refractivity contribution < 1.29 is 13.9 Å². The second-order valence-electron chi connectivity index (χ2n) is 7.49. The molecule has 1 atom stereocenters. The van der Waals surface area contributed by atoms with Gasteiger partial charge >= 0.3 is 0 Å². The first-order chi connectivity index (χ1) is 14.6. The number of rotatable bonds is 4. The van der Waals surface area contributed by atoms with E-state index in [1.165, 1.54) is 12.1 Å². The van der Waals surface area contributed by atoms with Crippen molar-refractivity contribution in [1.82, 2.24) is 0 Å². The van der Waals surface area contributed by atoms with E-state index in [9.17, 15) is 4.79 Å². The van der Waals surface area contributed by atoms with Crippen LogP contribution in [0, 0.1) is 17.8 Å². The molecule has 1 unspecified atom stereocenters. The van der Waals surface area contributed by atoms with Crippen LogP contribution in [0.5, 0.6) is 5.75 Å². The maximum Gasteiger partial charge on any atom is 0.291 e. The lowest BCUT2D eigenvalue weighted by atomic mass is 10.2. The Balaban J connectivity index is 1.39. The third-order valence-electron chi connectivity index (χ3n) is 5.14. The molecular formula is C25H24N2O3. The van der Waals surface area contributed by atoms with Crippen molar-refractivity contribution in [3.8, 4) is 17.6 Å². The number of hydrogen-bond acceptors (Lipinski definition) is 4. The zero-order valence-electron chi connectivity index (χ0n) is 17.1. The quantitative estimate of drug-likeness (QED) is 0.640. The Morgan fingerprint density at radius 1 is 1.13 bits per heavy atom. The molecule has 5 nitrogen and oxygen atoms in total. The Morgan fingerprint density at radius 3 is 2.70 bits per heavy atom. The van der Waals surface area contributed by atoms with E-state index in [-0.39, 0.29) is 11.7 Å². The van der Waals surface area contributed by atoms with Crippen LogP contribution in [0.4, 0.5) is 11.4 Å². The number of ether oxygens (including phenoxy) is 1. The van der Waals surface area contributed by atoms with Crippen molar-refractivity contribution in [1.29, 1.82) is 0 Å². The minimum absolute atomic E-state index is 0.224. The number of benzene rings is 2. The molecule has 1 fully saturated rings. The molecular weight excluding hydrogens is 376 g/mol. The van der Waals surface area contributed by atoms with Crippen LogP contribution in [0.1, 0.15) is 35.2 Å². The second kappa shape index (κ2) is 8.79. The van der Waals surface area contributed by atoms with E-state index >= 15 is 0 Å². The highest BCUT2D eigenvalue weighted by Crippen LogP contribution is 2.25. The first-order valence-electron chi connectivity index (χ1n) is 10.0. The number of furan rings is 1. The number of carbonyl (C=O) groups is 1. The molecule has 30 heavy (non-hydrogen) atoms. The third-order valence-corrected chi connectivity index (χ3v) is 5.14. The number of nitrogens with zero attached hydrogens (tertiary/aromatic N) is 1. The summed E-state index contributed by atoms with van der Waals surface area (Å²) in [6, 6.07) is 18.7. The summed E-state index contributed by atoms with van der Waals surface area (Å²) in [4.78, 5) is 14.9. The van der Waals surface area contributed by atoms with E-state index in [0.717, 1.165) is 36.0 Å². The molecule has 4 rings (SSSR count). The lowest BCUT2D eigenvalue weighted by molar-refractivity contribution is 0.0996. The molecule has 1 N–H and O–H groups in total. The van der Waals surface area contributed by atoms with E-state index in [1.54, 1.807) is 19.2 Å². The zero-order valence-corrected chi connectivity index (χ0v) is 17.1. The van der Waals surface area contributed by atoms with Gasteiger partial charge in [0, 0.05) is 30.0 Å². The van der Waals surface area contributed by atoms with Gasteiger partial charge in [-0.25, -0.2) is 0 Å². The highest BCUT2D eigenvalue weighted by Gasteiger charge is 2.19. The highest BCUT2D eigenvalue weighted by molar-refractivity contribution is 6.02. The van der Waals surface area contributed by atoms with Gasteiger partial charge in [0.1, 0.15) is 5.75 Å². The molecule has 0 aliphatic carbocycles. The van der Waals surface area contributed by atoms with Gasteiger partial charge in [-0.05, 0) is 72.9 Å². The second-order valence-corrected chi connectivity index (χ2v) is 7.49. The van der Waals surface area contributed by atoms with Crippen molar-refractivity contribution in [2.75, 3.05) is 30.4 Å². The van der Waals surface area contributed by atoms with Crippen LogP contribution in [-0.4, -0.2) is 26.1 Å². The fraction of sp³-hybridized carbons (Fsp3) is 0.240. The van der Waals surface area contributed by atoms with Gasteiger partial charge in [-0.2, -0.15) is 0 Å². The summed E-state index contributed by atoms with van der Waals surface area (Å²) in [5, 5.41) is 2.87. The molecule has 0 bridgehead atoms. The number of nitrogens with one attached hydrogen (secondary N) is 1. The molecule has 1 aliphatic heterocycles. The van der Waals surface area contributed by atoms with Crippen LogP contribution in [-0.2, 0) is 0 Å². The Kier molecular flexibility index (Phi) is 5.76. The van der Waals surface area contributed by atoms with Gasteiger partial charge in [0.15, 0.2) is 11.5 Å². The minimum Gasteiger partial charge on any atom is -0.497 e. The van der Waals surface area contributed by atoms with Gasteiger partial charge in [0.05, 0.1) is 7.11 Å². The van der Waals surface area contributed by atoms with E-state index in [4.69, 9.17) is 9.15 Å². The van der Waals surface area contributed by atoms with Crippen molar-refractivity contribution in [2.45, 2.75) is 13.3 Å². The SMILES string of the molecule is COc1cccc(C#Cc2ccc(C(=O)Nc3ccc(N4CCC(C)C4)cc3)o2)c1. The van der Waals surface area contributed by atoms with Crippen LogP contribution >= 0.6 is 0 Å². The molecule has 152 valence electrons. The Morgan fingerprint density at radius 2 is 1.97 bits per heavy atom. The smallest absolute Gasteiger partial charge is 0.291 e. The van der Waals surface area contributed by atoms with Crippen LogP contribution in [0.15, 0.2) is 65.1 Å². The first-order valence-corrected chi connectivity index (χ1v) is 10.0. The molecule has 1 aromatic heterocycles. The van der Waals surface area contributed by atoms with Gasteiger partial charge in [-0.15, -0.1) is 0 Å². The number of anilines is 2. The predicted molar refractivity (Wildman–Crippen MR) is 118 cm³/mol. The maximum atomic E-state index is 12.5. The van der Waals surface area contributed by atoms with Crippen LogP contribution in [0.2, 0.25) is 0 Å². The molecule has 2 heterocycles. The lowest BCUT2D eigenvalue weighted by Gasteiger charge is -2.18. The number of amides is 1. The standard InChI is InChI=1S/C25H24N2O3/c1-18-14-15-27(17-18)21-9-7-20(8-10-21)26-25(28)24-13-12-22(30-24)11-6-19-4-3-5-23(16-19)29-2/h3-5,7-10,12-13,16,18H,14-15,17H2,1-2H3,(H,26,28). The summed E-state index contributed by atoms with van der Waals surface area (Å²) in [5.74, 6) is 7.78. The van der Waals surface area contributed by atoms with Gasteiger partial charge in [0.25, 0.3) is 5.91 Å². The molecule has 0 radical (unpaired) electrons. The van der Waals surface area contributed by atoms with E-state index in [0.29, 0.717) is 5.76 Å². The van der Waals surface area contributed by atoms with Crippen LogP contribution in [0.25, 0.3) is 0 Å². The average Bonchev–Trinajstić information content (AvgIpc) is 3.42. The monoisotopic (exact) mass is 400 g/mol. The predicted octanol–water partition coefficient (Wildman–Crippen LogP) is 4.79. The number of methoxy groups -OCH3 is 1. The number of hydrogen-bond donors (Lipinski definition) is 1. The van der Waals surface area contributed by atoms with Crippen molar-refractivity contribution in [3.05, 3.63) is 77.7 Å². The van der Waals surface area contributed by atoms with E-state index < -0.39 is 0 Å². The molecule has 2 aromatic carbocycles. The van der Waals surface area contributed by atoms with Crippen molar-refractivity contribution in [2.24, 2.45) is 5.92 Å². The molecule has 5 heteroatoms. The van der Waals surface area contributed by atoms with Crippen molar-refractivity contribution >= 4 is 17.3 Å². The third kappa shape index (κ3) is 4.66. The first kappa shape index (κ1) is 19.7. The summed E-state index contributed by atoms with van der Waals surface area (Å²) in [5.41, 5.74) is 2.73. The van der Waals surface area contributed by atoms with Crippen LogP contribution in [0.3, 0.4) is 0 Å². The van der Waals surface area contributed by atoms with Gasteiger partial charge in [-0.3, -0.25) is 4.79 Å². The Labute approximate surface area is 176 Å². The van der Waals surface area contributed by atoms with E-state index in [2.05, 4.69) is 29.0 Å². The largest absolute Gasteiger partial charge is 0.497 e. The molecule has 1 aliphatic rings. The molecule has 0 saturated carbocycles. The summed E-state index contributed by atoms with van der Waals surface area (Å²) in [7, 11) is 1.62. The topological polar surface area (TPSA) is 54.7 Å². The van der Waals surface area contributed by atoms with E-state index in [1.807, 2.05) is 48.5 Å². The molecule has 0 spiro atoms. The van der Waals surface area contributed by atoms with Gasteiger partial charge < -0.3 is 19.4 Å².